The summed E-state index contributed by atoms with van der Waals surface area (Å²) in [6.45, 7) is 6.74. The average molecular weight is 319 g/mol. The van der Waals surface area contributed by atoms with Crippen LogP contribution in [-0.2, 0) is 20.0 Å². The van der Waals surface area contributed by atoms with Crippen LogP contribution in [0.4, 0.5) is 0 Å². The third-order valence-electron chi connectivity index (χ3n) is 3.39. The Bertz CT molecular complexity index is 599. The van der Waals surface area contributed by atoms with Crippen molar-refractivity contribution in [2.24, 2.45) is 12.0 Å². The van der Waals surface area contributed by atoms with Crippen LogP contribution in [0.5, 0.6) is 0 Å². The number of guanidine groups is 1. The summed E-state index contributed by atoms with van der Waals surface area (Å²) in [5.41, 5.74) is 2.60. The van der Waals surface area contributed by atoms with Crippen LogP contribution in [0.2, 0.25) is 0 Å². The number of aryl methyl sites for hydroxylation is 3. The van der Waals surface area contributed by atoms with E-state index in [1.165, 1.54) is 16.0 Å². The molecule has 0 aliphatic heterocycles. The smallest absolute Gasteiger partial charge is 0.191 e. The normalized spacial score (nSPS) is 11.7. The van der Waals surface area contributed by atoms with Gasteiger partial charge in [0.2, 0.25) is 0 Å². The highest BCUT2D eigenvalue weighted by molar-refractivity contribution is 7.10. The fourth-order valence-electron chi connectivity index (χ4n) is 2.16. The molecule has 0 aromatic carbocycles. The van der Waals surface area contributed by atoms with Gasteiger partial charge in [0.15, 0.2) is 5.96 Å². The summed E-state index contributed by atoms with van der Waals surface area (Å²) in [5.74, 6) is 0.890. The van der Waals surface area contributed by atoms with Crippen LogP contribution in [0.1, 0.15) is 29.3 Å². The molecule has 120 valence electrons. The van der Waals surface area contributed by atoms with E-state index in [0.717, 1.165) is 38.4 Å². The minimum absolute atomic E-state index is 0.738. The molecule has 0 spiro atoms. The molecule has 2 aromatic rings. The molecule has 0 fully saturated rings. The first-order chi connectivity index (χ1) is 10.7. The van der Waals surface area contributed by atoms with Crippen molar-refractivity contribution in [1.29, 1.82) is 0 Å². The number of thiophene rings is 1. The molecule has 0 amide bonds. The van der Waals surface area contributed by atoms with Gasteiger partial charge in [-0.25, -0.2) is 4.99 Å². The molecule has 2 aromatic heterocycles. The number of nitrogens with one attached hydrogen (secondary N) is 2. The Morgan fingerprint density at radius 2 is 2.27 bits per heavy atom. The Kier molecular flexibility index (Phi) is 6.45. The lowest BCUT2D eigenvalue weighted by Gasteiger charge is -2.10. The van der Waals surface area contributed by atoms with Crippen LogP contribution >= 0.6 is 11.3 Å². The highest BCUT2D eigenvalue weighted by Gasteiger charge is 2.01. The Balaban J connectivity index is 1.77. The SMILES string of the molecule is CCNC(=NCc1sccc1C)NCCCc1cnn(C)c1. The molecule has 0 saturated heterocycles. The molecule has 0 aliphatic rings. The minimum Gasteiger partial charge on any atom is -0.357 e. The summed E-state index contributed by atoms with van der Waals surface area (Å²) in [6.07, 6.45) is 6.09. The van der Waals surface area contributed by atoms with Crippen LogP contribution in [0.3, 0.4) is 0 Å². The maximum atomic E-state index is 4.65. The molecule has 22 heavy (non-hydrogen) atoms. The van der Waals surface area contributed by atoms with Gasteiger partial charge in [0.25, 0.3) is 0 Å². The van der Waals surface area contributed by atoms with Crippen molar-refractivity contribution in [1.82, 2.24) is 20.4 Å². The van der Waals surface area contributed by atoms with Crippen LogP contribution in [0.25, 0.3) is 0 Å². The number of rotatable bonds is 7. The molecule has 6 heteroatoms. The summed E-state index contributed by atoms with van der Waals surface area (Å²) in [5, 5.41) is 13.0. The molecule has 2 heterocycles. The van der Waals surface area contributed by atoms with E-state index in [1.807, 2.05) is 17.9 Å². The van der Waals surface area contributed by atoms with Crippen LogP contribution in [-0.4, -0.2) is 28.8 Å². The van der Waals surface area contributed by atoms with Gasteiger partial charge in [0, 0.05) is 31.2 Å². The highest BCUT2D eigenvalue weighted by Crippen LogP contribution is 2.16. The van der Waals surface area contributed by atoms with Gasteiger partial charge < -0.3 is 10.6 Å². The third kappa shape index (κ3) is 5.18. The molecule has 2 N–H and O–H groups in total. The van der Waals surface area contributed by atoms with E-state index in [4.69, 9.17) is 0 Å². The Hall–Kier alpha value is -1.82. The topological polar surface area (TPSA) is 54.2 Å². The van der Waals surface area contributed by atoms with Crippen molar-refractivity contribution in [3.63, 3.8) is 0 Å². The Labute approximate surface area is 136 Å². The molecule has 2 rings (SSSR count). The molecule has 0 unspecified atom stereocenters. The number of aliphatic imine (C=N–C) groups is 1. The summed E-state index contributed by atoms with van der Waals surface area (Å²) in [7, 11) is 1.95. The number of nitrogens with zero attached hydrogens (tertiary/aromatic N) is 3. The second-order valence-corrected chi connectivity index (χ2v) is 6.28. The molecule has 0 bridgehead atoms. The molecule has 0 saturated carbocycles. The first kappa shape index (κ1) is 16.5. The molecule has 0 radical (unpaired) electrons. The summed E-state index contributed by atoms with van der Waals surface area (Å²) in [6, 6.07) is 2.14. The fraction of sp³-hybridized carbons (Fsp3) is 0.500. The highest BCUT2D eigenvalue weighted by atomic mass is 32.1. The lowest BCUT2D eigenvalue weighted by atomic mass is 10.2. The number of hydrogen-bond donors (Lipinski definition) is 2. The number of aromatic nitrogens is 2. The molecule has 0 atom stereocenters. The lowest BCUT2D eigenvalue weighted by molar-refractivity contribution is 0.741. The van der Waals surface area contributed by atoms with E-state index in [9.17, 15) is 0 Å². The van der Waals surface area contributed by atoms with E-state index in [1.54, 1.807) is 11.3 Å². The molecular formula is C16H25N5S. The summed E-state index contributed by atoms with van der Waals surface area (Å²) < 4.78 is 1.84. The zero-order valence-corrected chi connectivity index (χ0v) is 14.4. The summed E-state index contributed by atoms with van der Waals surface area (Å²) >= 11 is 1.77. The van der Waals surface area contributed by atoms with Gasteiger partial charge in [0.1, 0.15) is 0 Å². The first-order valence-electron chi connectivity index (χ1n) is 7.71. The monoisotopic (exact) mass is 319 g/mol. The van der Waals surface area contributed by atoms with E-state index >= 15 is 0 Å². The van der Waals surface area contributed by atoms with Crippen molar-refractivity contribution < 1.29 is 0 Å². The van der Waals surface area contributed by atoms with Crippen LogP contribution < -0.4 is 10.6 Å². The van der Waals surface area contributed by atoms with Gasteiger partial charge in [-0.2, -0.15) is 5.10 Å². The van der Waals surface area contributed by atoms with Crippen molar-refractivity contribution in [2.45, 2.75) is 33.2 Å². The summed E-state index contributed by atoms with van der Waals surface area (Å²) in [4.78, 5) is 5.98. The van der Waals surface area contributed by atoms with E-state index in [0.29, 0.717) is 0 Å². The van der Waals surface area contributed by atoms with Crippen molar-refractivity contribution >= 4 is 17.3 Å². The van der Waals surface area contributed by atoms with Gasteiger partial charge in [0.05, 0.1) is 12.7 Å². The van der Waals surface area contributed by atoms with Crippen molar-refractivity contribution in [3.05, 3.63) is 39.8 Å². The first-order valence-corrected chi connectivity index (χ1v) is 8.59. The molecule has 0 aliphatic carbocycles. The van der Waals surface area contributed by atoms with Gasteiger partial charge in [-0.3, -0.25) is 4.68 Å². The van der Waals surface area contributed by atoms with E-state index < -0.39 is 0 Å². The van der Waals surface area contributed by atoms with E-state index in [-0.39, 0.29) is 0 Å². The lowest BCUT2D eigenvalue weighted by Crippen LogP contribution is -2.37. The van der Waals surface area contributed by atoms with Gasteiger partial charge in [-0.1, -0.05) is 0 Å². The van der Waals surface area contributed by atoms with E-state index in [2.05, 4.69) is 52.2 Å². The zero-order valence-electron chi connectivity index (χ0n) is 13.6. The fourth-order valence-corrected chi connectivity index (χ4v) is 2.99. The second-order valence-electron chi connectivity index (χ2n) is 5.27. The van der Waals surface area contributed by atoms with Crippen LogP contribution in [0.15, 0.2) is 28.8 Å². The van der Waals surface area contributed by atoms with Crippen molar-refractivity contribution in [2.75, 3.05) is 13.1 Å². The zero-order chi connectivity index (χ0) is 15.8. The van der Waals surface area contributed by atoms with Gasteiger partial charge in [-0.15, -0.1) is 11.3 Å². The quantitative estimate of drug-likeness (QED) is 0.468. The average Bonchev–Trinajstić information content (AvgIpc) is 3.09. The third-order valence-corrected chi connectivity index (χ3v) is 4.39. The van der Waals surface area contributed by atoms with Crippen LogP contribution in [0, 0.1) is 6.92 Å². The Morgan fingerprint density at radius 1 is 1.41 bits per heavy atom. The second kappa shape index (κ2) is 8.58. The van der Waals surface area contributed by atoms with Gasteiger partial charge >= 0.3 is 0 Å². The molecule has 5 nitrogen and oxygen atoms in total. The minimum atomic E-state index is 0.738. The molecular weight excluding hydrogens is 294 g/mol. The maximum absolute atomic E-state index is 4.65. The Morgan fingerprint density at radius 3 is 2.91 bits per heavy atom. The predicted octanol–water partition coefficient (Wildman–Crippen LogP) is 2.48. The largest absolute Gasteiger partial charge is 0.357 e. The van der Waals surface area contributed by atoms with Crippen molar-refractivity contribution in [3.8, 4) is 0 Å². The standard InChI is InChI=1S/C16H25N5S/c1-4-17-16(19-11-15-13(2)7-9-22-15)18-8-5-6-14-10-20-21(3)12-14/h7,9-10,12H,4-6,8,11H2,1-3H3,(H2,17,18,19). The number of hydrogen-bond acceptors (Lipinski definition) is 3. The maximum Gasteiger partial charge on any atom is 0.191 e. The predicted molar refractivity (Wildman–Crippen MR) is 93.4 cm³/mol. The van der Waals surface area contributed by atoms with Gasteiger partial charge in [-0.05, 0) is 49.3 Å².